The van der Waals surface area contributed by atoms with Gasteiger partial charge in [-0.3, -0.25) is 0 Å². The Balaban J connectivity index is 0.00000441. The molecule has 0 bridgehead atoms. The van der Waals surface area contributed by atoms with Crippen molar-refractivity contribution in [1.29, 1.82) is 0 Å². The number of ether oxygens (including phenoxy) is 1. The van der Waals surface area contributed by atoms with E-state index in [1.54, 1.807) is 0 Å². The normalized spacial score (nSPS) is 10.4. The van der Waals surface area contributed by atoms with Crippen LogP contribution in [-0.2, 0) is 20.5 Å². The molecule has 1 aromatic rings. The second-order valence-corrected chi connectivity index (χ2v) is 4.08. The van der Waals surface area contributed by atoms with Gasteiger partial charge in [0.1, 0.15) is 0 Å². The first kappa shape index (κ1) is 20.3. The van der Waals surface area contributed by atoms with E-state index in [0.29, 0.717) is 0 Å². The zero-order chi connectivity index (χ0) is 16.2. The van der Waals surface area contributed by atoms with E-state index in [1.807, 2.05) is 0 Å². The van der Waals surface area contributed by atoms with Crippen LogP contribution in [0, 0.1) is 5.92 Å². The Morgan fingerprint density at radius 1 is 1.14 bits per heavy atom. The molecule has 0 aliphatic carbocycles. The molecule has 0 atom stereocenters. The van der Waals surface area contributed by atoms with E-state index in [-0.39, 0.29) is 31.0 Å². The van der Waals surface area contributed by atoms with Crippen molar-refractivity contribution in [2.75, 3.05) is 6.61 Å². The topological polar surface area (TPSA) is 60.4 Å². The van der Waals surface area contributed by atoms with Crippen LogP contribution in [0.15, 0.2) is 24.3 Å². The number of carbonyl (C=O) groups is 3. The van der Waals surface area contributed by atoms with Gasteiger partial charge >= 0.3 is 25.0 Å². The third kappa shape index (κ3) is 4.93. The fraction of sp³-hybridized carbons (Fsp3) is 0.286. The quantitative estimate of drug-likeness (QED) is 0.186. The summed E-state index contributed by atoms with van der Waals surface area (Å²) in [6, 6.07) is 3.37. The first-order valence-electron chi connectivity index (χ1n) is 5.95. The monoisotopic (exact) mass is 308 g/mol. The molecule has 0 aliphatic rings. The van der Waals surface area contributed by atoms with Gasteiger partial charge in [0, 0.05) is 0 Å². The third-order valence-corrected chi connectivity index (χ3v) is 2.62. The third-order valence-electron chi connectivity index (χ3n) is 2.62. The van der Waals surface area contributed by atoms with E-state index in [1.165, 1.54) is 6.92 Å². The molecule has 0 fully saturated rings. The minimum absolute atomic E-state index is 0. The number of benzene rings is 1. The predicted octanol–water partition coefficient (Wildman–Crippen LogP) is -0.381. The van der Waals surface area contributed by atoms with Gasteiger partial charge in [-0.25, -0.2) is 0 Å². The van der Waals surface area contributed by atoms with Crippen LogP contribution in [0.25, 0.3) is 0 Å². The molecule has 0 amide bonds. The molecule has 0 aliphatic heterocycles. The number of hydrogen-bond donors (Lipinski definition) is 0. The maximum atomic E-state index is 12.4. The van der Waals surface area contributed by atoms with Crippen molar-refractivity contribution >= 4 is 17.5 Å². The molecule has 0 saturated heterocycles. The van der Waals surface area contributed by atoms with Gasteiger partial charge < -0.3 is 19.1 Å². The second kappa shape index (κ2) is 8.06. The average Bonchev–Trinajstić information content (AvgIpc) is 2.44. The van der Waals surface area contributed by atoms with Crippen LogP contribution in [0.1, 0.15) is 29.8 Å². The van der Waals surface area contributed by atoms with Crippen molar-refractivity contribution < 1.29 is 51.2 Å². The minimum atomic E-state index is -4.51. The number of hydrogen-bond acceptors (Lipinski definition) is 4. The van der Waals surface area contributed by atoms with Crippen molar-refractivity contribution in [2.45, 2.75) is 20.0 Å². The molecule has 1 rings (SSSR count). The summed E-state index contributed by atoms with van der Waals surface area (Å²) in [7, 11) is 0. The van der Waals surface area contributed by atoms with Gasteiger partial charge in [0.05, 0.1) is 18.0 Å². The molecule has 0 spiro atoms. The molecule has 8 heteroatoms. The fourth-order valence-electron chi connectivity index (χ4n) is 1.48. The number of carbonyl (C=O) groups excluding carboxylic acids is 3. The average molecular weight is 308 g/mol. The Labute approximate surface area is 137 Å². The van der Waals surface area contributed by atoms with E-state index in [0.717, 1.165) is 31.2 Å². The zero-order valence-electron chi connectivity index (χ0n) is 12.3. The molecular weight excluding hydrogens is 296 g/mol. The maximum Gasteiger partial charge on any atom is 1.00 e. The first-order chi connectivity index (χ1) is 9.68. The van der Waals surface area contributed by atoms with E-state index >= 15 is 0 Å². The predicted molar refractivity (Wildman–Crippen MR) is 66.3 cm³/mol. The number of Topliss-reactive ketones (excluding diaryl/α,β-unsaturated/α-hetero) is 2. The molecule has 0 aromatic heterocycles. The van der Waals surface area contributed by atoms with Crippen LogP contribution in [-0.4, -0.2) is 24.1 Å². The standard InChI is InChI=1S/C14H12F3O4.Li/c1-3-21-13(20)12(19)8(2)11(18)9-4-6-10(7-5-9)14(15,16)17;/h4-7H,3H2,1-2H3;/q-1;+1. The Bertz CT molecular complexity index is 552. The number of ketones is 2. The Kier molecular flexibility index (Phi) is 7.43. The summed E-state index contributed by atoms with van der Waals surface area (Å²) >= 11 is 0. The van der Waals surface area contributed by atoms with E-state index in [9.17, 15) is 27.6 Å². The van der Waals surface area contributed by atoms with Gasteiger partial charge in [0.25, 0.3) is 5.97 Å². The zero-order valence-corrected chi connectivity index (χ0v) is 12.3. The van der Waals surface area contributed by atoms with Crippen LogP contribution in [0.5, 0.6) is 0 Å². The maximum absolute atomic E-state index is 12.4. The molecule has 0 radical (unpaired) electrons. The van der Waals surface area contributed by atoms with Gasteiger partial charge in [-0.1, -0.05) is 30.5 Å². The largest absolute Gasteiger partial charge is 1.00 e. The summed E-state index contributed by atoms with van der Waals surface area (Å²) in [6.45, 7) is 2.60. The van der Waals surface area contributed by atoms with Crippen molar-refractivity contribution in [3.8, 4) is 0 Å². The minimum Gasteiger partial charge on any atom is -0.517 e. The first-order valence-corrected chi connectivity index (χ1v) is 5.95. The van der Waals surface area contributed by atoms with E-state index in [2.05, 4.69) is 4.74 Å². The molecule has 22 heavy (non-hydrogen) atoms. The molecule has 0 saturated carbocycles. The van der Waals surface area contributed by atoms with E-state index < -0.39 is 35.2 Å². The summed E-state index contributed by atoms with van der Waals surface area (Å²) in [5, 5.41) is 0. The number of esters is 1. The van der Waals surface area contributed by atoms with Gasteiger partial charge in [0.2, 0.25) is 0 Å². The van der Waals surface area contributed by atoms with Gasteiger partial charge in [-0.2, -0.15) is 13.2 Å². The molecule has 114 valence electrons. The molecule has 4 nitrogen and oxygen atoms in total. The molecular formula is C14H12F3LiO4. The summed E-state index contributed by atoms with van der Waals surface area (Å²) in [5.41, 5.74) is -1.02. The Morgan fingerprint density at radius 3 is 2.05 bits per heavy atom. The second-order valence-electron chi connectivity index (χ2n) is 4.08. The fourth-order valence-corrected chi connectivity index (χ4v) is 1.48. The number of alkyl halides is 3. The Hall–Kier alpha value is -1.71. The van der Waals surface area contributed by atoms with Crippen molar-refractivity contribution in [2.24, 2.45) is 0 Å². The summed E-state index contributed by atoms with van der Waals surface area (Å²) in [4.78, 5) is 34.7. The molecule has 0 unspecified atom stereocenters. The smallest absolute Gasteiger partial charge is 0.517 e. The van der Waals surface area contributed by atoms with Gasteiger partial charge in [0.15, 0.2) is 5.78 Å². The summed E-state index contributed by atoms with van der Waals surface area (Å²) in [5.74, 6) is -3.51. The molecule has 0 heterocycles. The number of halogens is 3. The van der Waals surface area contributed by atoms with Crippen LogP contribution in [0.4, 0.5) is 13.2 Å². The van der Waals surface area contributed by atoms with Crippen LogP contribution in [0.3, 0.4) is 0 Å². The van der Waals surface area contributed by atoms with E-state index in [4.69, 9.17) is 0 Å². The SMILES string of the molecule is CCOC(=O)C(=O)[C-](C)C(=O)c1ccc(C(F)(F)F)cc1.[Li+]. The summed E-state index contributed by atoms with van der Waals surface area (Å²) in [6.07, 6.45) is -4.51. The van der Waals surface area contributed by atoms with Gasteiger partial charge in [-0.15, -0.1) is 12.1 Å². The number of rotatable bonds is 5. The van der Waals surface area contributed by atoms with Crippen molar-refractivity contribution in [3.05, 3.63) is 41.3 Å². The van der Waals surface area contributed by atoms with Crippen molar-refractivity contribution in [1.82, 2.24) is 0 Å². The Morgan fingerprint density at radius 2 is 1.64 bits per heavy atom. The van der Waals surface area contributed by atoms with Crippen LogP contribution in [0.2, 0.25) is 0 Å². The summed E-state index contributed by atoms with van der Waals surface area (Å²) < 4.78 is 41.6. The van der Waals surface area contributed by atoms with Gasteiger partial charge in [-0.05, 0) is 6.92 Å². The van der Waals surface area contributed by atoms with Crippen LogP contribution < -0.4 is 18.9 Å². The van der Waals surface area contributed by atoms with Crippen LogP contribution >= 0.6 is 0 Å². The molecule has 0 N–H and O–H groups in total. The molecule has 1 aromatic carbocycles. The van der Waals surface area contributed by atoms with Crippen molar-refractivity contribution in [3.63, 3.8) is 0 Å².